The second-order valence-corrected chi connectivity index (χ2v) is 9.32. The molecule has 2 aromatic rings. The van der Waals surface area contributed by atoms with Gasteiger partial charge in [-0.15, -0.1) is 0 Å². The molecule has 1 fully saturated rings. The standard InChI is InChI=1S/C20H25N2O5P/c1-14(2)16-4-8-18(9-5-16)21-20(28(25)26-13-12-15(3)27-28)17-6-10-19(11-7-17)22(23)24/h4-11,14-15,20-21H,12-13H2,1-3H3/t15-,20+,28-/m1/s1. The van der Waals surface area contributed by atoms with Crippen molar-refractivity contribution in [1.82, 2.24) is 0 Å². The smallest absolute Gasteiger partial charge is 0.357 e. The molecule has 1 aliphatic heterocycles. The number of benzene rings is 2. The molecular weight excluding hydrogens is 379 g/mol. The molecule has 0 aromatic heterocycles. The minimum Gasteiger partial charge on any atom is -0.368 e. The van der Waals surface area contributed by atoms with Crippen LogP contribution in [0.25, 0.3) is 0 Å². The highest BCUT2D eigenvalue weighted by Crippen LogP contribution is 2.63. The van der Waals surface area contributed by atoms with Gasteiger partial charge in [0.15, 0.2) is 5.78 Å². The molecule has 8 heteroatoms. The van der Waals surface area contributed by atoms with Crippen molar-refractivity contribution in [3.8, 4) is 0 Å². The maximum atomic E-state index is 13.5. The maximum absolute atomic E-state index is 13.5. The van der Waals surface area contributed by atoms with Crippen molar-refractivity contribution in [2.75, 3.05) is 11.9 Å². The minimum absolute atomic E-state index is 0.0269. The first-order valence-corrected chi connectivity index (χ1v) is 10.9. The third-order valence-corrected chi connectivity index (χ3v) is 6.99. The van der Waals surface area contributed by atoms with E-state index < -0.39 is 18.3 Å². The van der Waals surface area contributed by atoms with Crippen molar-refractivity contribution in [3.05, 3.63) is 69.8 Å². The lowest BCUT2D eigenvalue weighted by atomic mass is 10.0. The van der Waals surface area contributed by atoms with Crippen molar-refractivity contribution < 1.29 is 18.5 Å². The Labute approximate surface area is 164 Å². The predicted molar refractivity (Wildman–Crippen MR) is 109 cm³/mol. The Morgan fingerprint density at radius 3 is 2.25 bits per heavy atom. The average Bonchev–Trinajstić information content (AvgIpc) is 2.66. The number of nitrogens with one attached hydrogen (secondary N) is 1. The fourth-order valence-corrected chi connectivity index (χ4v) is 5.20. The van der Waals surface area contributed by atoms with Crippen molar-refractivity contribution in [3.63, 3.8) is 0 Å². The summed E-state index contributed by atoms with van der Waals surface area (Å²) >= 11 is 0. The van der Waals surface area contributed by atoms with Gasteiger partial charge in [-0.1, -0.05) is 26.0 Å². The van der Waals surface area contributed by atoms with Gasteiger partial charge in [0, 0.05) is 17.8 Å². The molecule has 3 atom stereocenters. The first kappa shape index (κ1) is 20.5. The van der Waals surface area contributed by atoms with Gasteiger partial charge in [0.05, 0.1) is 17.6 Å². The zero-order chi connectivity index (χ0) is 20.3. The van der Waals surface area contributed by atoms with Crippen molar-refractivity contribution >= 4 is 19.0 Å². The van der Waals surface area contributed by atoms with Gasteiger partial charge in [-0.3, -0.25) is 14.7 Å². The average molecular weight is 404 g/mol. The highest BCUT2D eigenvalue weighted by molar-refractivity contribution is 7.54. The molecule has 28 heavy (non-hydrogen) atoms. The van der Waals surface area contributed by atoms with E-state index in [1.54, 1.807) is 12.1 Å². The summed E-state index contributed by atoms with van der Waals surface area (Å²) in [4.78, 5) is 10.5. The van der Waals surface area contributed by atoms with E-state index in [0.717, 1.165) is 5.69 Å². The van der Waals surface area contributed by atoms with Crippen molar-refractivity contribution in [1.29, 1.82) is 0 Å². The molecule has 1 aliphatic rings. The fraction of sp³-hybridized carbons (Fsp3) is 0.400. The summed E-state index contributed by atoms with van der Waals surface area (Å²) in [7, 11) is -3.52. The monoisotopic (exact) mass is 404 g/mol. The summed E-state index contributed by atoms with van der Waals surface area (Å²) in [5, 5.41) is 14.2. The second-order valence-electron chi connectivity index (χ2n) is 7.25. The van der Waals surface area contributed by atoms with Gasteiger partial charge in [0.1, 0.15) is 0 Å². The summed E-state index contributed by atoms with van der Waals surface area (Å²) in [6.45, 7) is 6.44. The van der Waals surface area contributed by atoms with Crippen LogP contribution in [-0.2, 0) is 13.6 Å². The van der Waals surface area contributed by atoms with E-state index in [-0.39, 0.29) is 11.8 Å². The summed E-state index contributed by atoms with van der Waals surface area (Å²) in [5.74, 6) is -0.357. The molecule has 0 aliphatic carbocycles. The van der Waals surface area contributed by atoms with Gasteiger partial charge in [-0.05, 0) is 54.7 Å². The maximum Gasteiger partial charge on any atom is 0.357 e. The fourth-order valence-electron chi connectivity index (χ4n) is 3.06. The number of nitrogens with zero attached hydrogens (tertiary/aromatic N) is 1. The zero-order valence-corrected chi connectivity index (χ0v) is 17.1. The first-order valence-electron chi connectivity index (χ1n) is 9.32. The molecule has 0 amide bonds. The van der Waals surface area contributed by atoms with Gasteiger partial charge in [-0.2, -0.15) is 0 Å². The molecule has 0 radical (unpaired) electrons. The Morgan fingerprint density at radius 2 is 1.71 bits per heavy atom. The molecule has 1 saturated heterocycles. The van der Waals surface area contributed by atoms with E-state index in [0.29, 0.717) is 24.5 Å². The number of hydrogen-bond donors (Lipinski definition) is 1. The highest BCUT2D eigenvalue weighted by atomic mass is 31.2. The molecule has 0 bridgehead atoms. The molecule has 3 rings (SSSR count). The third-order valence-electron chi connectivity index (χ3n) is 4.74. The molecular formula is C20H25N2O5P. The van der Waals surface area contributed by atoms with E-state index in [2.05, 4.69) is 19.2 Å². The van der Waals surface area contributed by atoms with Crippen LogP contribution in [-0.4, -0.2) is 17.6 Å². The van der Waals surface area contributed by atoms with E-state index in [1.807, 2.05) is 31.2 Å². The third kappa shape index (κ3) is 4.61. The van der Waals surface area contributed by atoms with Crippen molar-refractivity contribution in [2.24, 2.45) is 0 Å². The van der Waals surface area contributed by atoms with Crippen LogP contribution in [0.1, 0.15) is 50.0 Å². The number of rotatable bonds is 6. The van der Waals surface area contributed by atoms with E-state index in [1.165, 1.54) is 17.7 Å². The number of nitro groups is 1. The Hall–Kier alpha value is -2.21. The molecule has 1 heterocycles. The van der Waals surface area contributed by atoms with E-state index in [4.69, 9.17) is 9.05 Å². The SMILES string of the molecule is CC(C)c1ccc(N[C@H](c2ccc([N+](=O)[O-])cc2)[P@@]2(=O)OCC[C@@H](C)O2)cc1. The highest BCUT2D eigenvalue weighted by Gasteiger charge is 2.41. The lowest BCUT2D eigenvalue weighted by Crippen LogP contribution is -2.23. The van der Waals surface area contributed by atoms with Crippen LogP contribution in [0.2, 0.25) is 0 Å². The molecule has 7 nitrogen and oxygen atoms in total. The van der Waals surface area contributed by atoms with Crippen LogP contribution in [0.15, 0.2) is 48.5 Å². The summed E-state index contributed by atoms with van der Waals surface area (Å²) in [6, 6.07) is 13.8. The molecule has 1 N–H and O–H groups in total. The topological polar surface area (TPSA) is 90.7 Å². The molecule has 0 spiro atoms. The van der Waals surface area contributed by atoms with Gasteiger partial charge >= 0.3 is 7.60 Å². The Morgan fingerprint density at radius 1 is 1.11 bits per heavy atom. The van der Waals surface area contributed by atoms with Gasteiger partial charge < -0.3 is 14.4 Å². The van der Waals surface area contributed by atoms with Gasteiger partial charge in [-0.25, -0.2) is 0 Å². The summed E-state index contributed by atoms with van der Waals surface area (Å²) < 4.78 is 24.8. The zero-order valence-electron chi connectivity index (χ0n) is 16.2. The Kier molecular flexibility index (Phi) is 6.18. The number of nitro benzene ring substituents is 1. The lowest BCUT2D eigenvalue weighted by Gasteiger charge is -2.34. The second kappa shape index (κ2) is 8.43. The van der Waals surface area contributed by atoms with E-state index in [9.17, 15) is 14.7 Å². The van der Waals surface area contributed by atoms with Crippen LogP contribution in [0.3, 0.4) is 0 Å². The predicted octanol–water partition coefficient (Wildman–Crippen LogP) is 5.85. The van der Waals surface area contributed by atoms with Crippen molar-refractivity contribution in [2.45, 2.75) is 45.0 Å². The first-order chi connectivity index (χ1) is 13.3. The number of non-ortho nitro benzene ring substituents is 1. The molecule has 2 aromatic carbocycles. The van der Waals surface area contributed by atoms with Crippen LogP contribution in [0.4, 0.5) is 11.4 Å². The Bertz CT molecular complexity index is 867. The molecule has 150 valence electrons. The summed E-state index contributed by atoms with van der Waals surface area (Å²) in [5.41, 5.74) is 2.55. The quantitative estimate of drug-likeness (QED) is 0.369. The molecule has 0 unspecified atom stereocenters. The van der Waals surface area contributed by atoms with Gasteiger partial charge in [0.2, 0.25) is 0 Å². The van der Waals surface area contributed by atoms with E-state index >= 15 is 0 Å². The van der Waals surface area contributed by atoms with Crippen LogP contribution < -0.4 is 5.32 Å². The van der Waals surface area contributed by atoms with Gasteiger partial charge in [0.25, 0.3) is 5.69 Å². The Balaban J connectivity index is 1.94. The lowest BCUT2D eigenvalue weighted by molar-refractivity contribution is -0.384. The van der Waals surface area contributed by atoms with Crippen LogP contribution >= 0.6 is 7.60 Å². The number of hydrogen-bond acceptors (Lipinski definition) is 6. The summed E-state index contributed by atoms with van der Waals surface area (Å²) in [6.07, 6.45) is 0.477. The number of anilines is 1. The van der Waals surface area contributed by atoms with Crippen LogP contribution in [0.5, 0.6) is 0 Å². The minimum atomic E-state index is -3.52. The normalized spacial score (nSPS) is 23.4. The largest absolute Gasteiger partial charge is 0.368 e. The van der Waals surface area contributed by atoms with Crippen LogP contribution in [0, 0.1) is 10.1 Å². The molecule has 0 saturated carbocycles.